The van der Waals surface area contributed by atoms with E-state index < -0.39 is 0 Å². The normalized spacial score (nSPS) is 10.6. The molecule has 0 amide bonds. The first-order valence-electron chi connectivity index (χ1n) is 5.71. The van der Waals surface area contributed by atoms with E-state index in [1.54, 1.807) is 0 Å². The van der Waals surface area contributed by atoms with Gasteiger partial charge in [0.25, 0.3) is 0 Å². The van der Waals surface area contributed by atoms with Crippen LogP contribution in [-0.2, 0) is 4.74 Å². The molecule has 0 spiro atoms. The van der Waals surface area contributed by atoms with Gasteiger partial charge < -0.3 is 10.1 Å². The van der Waals surface area contributed by atoms with Gasteiger partial charge in [-0.1, -0.05) is 36.4 Å². The Morgan fingerprint density at radius 2 is 1.88 bits per heavy atom. The standard InChI is InChI=1S/C14H17NO/c1-2-16-11-10-15-14-9-5-7-12-6-3-4-8-13(12)14/h3-9,15H,2,10-11H2,1H3. The third kappa shape index (κ3) is 2.52. The first kappa shape index (κ1) is 11.0. The van der Waals surface area contributed by atoms with Crippen LogP contribution in [0.4, 0.5) is 5.69 Å². The highest BCUT2D eigenvalue weighted by atomic mass is 16.5. The molecule has 0 radical (unpaired) electrons. The lowest BCUT2D eigenvalue weighted by Crippen LogP contribution is -2.09. The molecule has 0 heterocycles. The quantitative estimate of drug-likeness (QED) is 0.773. The molecule has 2 heteroatoms. The van der Waals surface area contributed by atoms with Gasteiger partial charge in [0.2, 0.25) is 0 Å². The molecule has 84 valence electrons. The second-order valence-electron chi connectivity index (χ2n) is 3.65. The molecule has 0 aliphatic carbocycles. The average molecular weight is 215 g/mol. The fraction of sp³-hybridized carbons (Fsp3) is 0.286. The van der Waals surface area contributed by atoms with Crippen LogP contribution in [0.5, 0.6) is 0 Å². The number of ether oxygens (including phenoxy) is 1. The Labute approximate surface area is 96.2 Å². The summed E-state index contributed by atoms with van der Waals surface area (Å²) in [7, 11) is 0. The Kier molecular flexibility index (Phi) is 3.78. The highest BCUT2D eigenvalue weighted by Gasteiger charge is 1.98. The Morgan fingerprint density at radius 3 is 2.75 bits per heavy atom. The van der Waals surface area contributed by atoms with E-state index in [1.807, 2.05) is 6.92 Å². The third-order valence-corrected chi connectivity index (χ3v) is 2.56. The lowest BCUT2D eigenvalue weighted by atomic mass is 10.1. The number of fused-ring (bicyclic) bond motifs is 1. The van der Waals surface area contributed by atoms with Gasteiger partial charge in [-0.3, -0.25) is 0 Å². The Balaban J connectivity index is 2.11. The molecule has 0 aliphatic heterocycles. The number of rotatable bonds is 5. The van der Waals surface area contributed by atoms with Crippen LogP contribution in [0.2, 0.25) is 0 Å². The van der Waals surface area contributed by atoms with Gasteiger partial charge in [-0.2, -0.15) is 0 Å². The summed E-state index contributed by atoms with van der Waals surface area (Å²) in [4.78, 5) is 0. The fourth-order valence-corrected chi connectivity index (χ4v) is 1.78. The topological polar surface area (TPSA) is 21.3 Å². The molecule has 0 saturated heterocycles. The van der Waals surface area contributed by atoms with Crippen LogP contribution in [-0.4, -0.2) is 19.8 Å². The van der Waals surface area contributed by atoms with Crippen molar-refractivity contribution in [2.24, 2.45) is 0 Å². The lowest BCUT2D eigenvalue weighted by molar-refractivity contribution is 0.158. The molecule has 2 aromatic rings. The maximum Gasteiger partial charge on any atom is 0.0638 e. The number of hydrogen-bond acceptors (Lipinski definition) is 2. The Hall–Kier alpha value is -1.54. The summed E-state index contributed by atoms with van der Waals surface area (Å²) in [6.07, 6.45) is 0. The Morgan fingerprint density at radius 1 is 1.06 bits per heavy atom. The summed E-state index contributed by atoms with van der Waals surface area (Å²) < 4.78 is 5.30. The smallest absolute Gasteiger partial charge is 0.0638 e. The zero-order valence-corrected chi connectivity index (χ0v) is 9.57. The summed E-state index contributed by atoms with van der Waals surface area (Å²) in [6.45, 7) is 4.39. The van der Waals surface area contributed by atoms with Gasteiger partial charge in [-0.15, -0.1) is 0 Å². The first-order chi connectivity index (χ1) is 7.92. The molecular formula is C14H17NO. The molecule has 0 fully saturated rings. The van der Waals surface area contributed by atoms with Gasteiger partial charge in [0.1, 0.15) is 0 Å². The second kappa shape index (κ2) is 5.52. The molecule has 2 nitrogen and oxygen atoms in total. The van der Waals surface area contributed by atoms with E-state index >= 15 is 0 Å². The highest BCUT2D eigenvalue weighted by Crippen LogP contribution is 2.22. The maximum atomic E-state index is 5.30. The molecule has 2 rings (SSSR count). The molecule has 0 saturated carbocycles. The van der Waals surface area contributed by atoms with Crippen LogP contribution in [0, 0.1) is 0 Å². The van der Waals surface area contributed by atoms with Crippen LogP contribution in [0.3, 0.4) is 0 Å². The minimum Gasteiger partial charge on any atom is -0.382 e. The predicted octanol–water partition coefficient (Wildman–Crippen LogP) is 3.29. The first-order valence-corrected chi connectivity index (χ1v) is 5.71. The molecule has 0 aromatic heterocycles. The van der Waals surface area contributed by atoms with Crippen molar-refractivity contribution in [1.29, 1.82) is 0 Å². The van der Waals surface area contributed by atoms with Gasteiger partial charge in [0.15, 0.2) is 0 Å². The van der Waals surface area contributed by atoms with Crippen molar-refractivity contribution in [3.63, 3.8) is 0 Å². The van der Waals surface area contributed by atoms with Crippen LogP contribution in [0.25, 0.3) is 10.8 Å². The number of nitrogens with one attached hydrogen (secondary N) is 1. The zero-order valence-electron chi connectivity index (χ0n) is 9.57. The van der Waals surface area contributed by atoms with E-state index in [1.165, 1.54) is 16.5 Å². The zero-order chi connectivity index (χ0) is 11.2. The van der Waals surface area contributed by atoms with Crippen LogP contribution in [0.1, 0.15) is 6.92 Å². The molecule has 0 aliphatic rings. The molecule has 2 aromatic carbocycles. The molecule has 0 unspecified atom stereocenters. The summed E-state index contributed by atoms with van der Waals surface area (Å²) in [5, 5.41) is 5.93. The van der Waals surface area contributed by atoms with Crippen molar-refractivity contribution in [2.75, 3.05) is 25.1 Å². The minimum atomic E-state index is 0.750. The number of benzene rings is 2. The SMILES string of the molecule is CCOCCNc1cccc2ccccc12. The molecule has 0 bridgehead atoms. The van der Waals surface area contributed by atoms with Crippen molar-refractivity contribution in [1.82, 2.24) is 0 Å². The highest BCUT2D eigenvalue weighted by molar-refractivity contribution is 5.93. The monoisotopic (exact) mass is 215 g/mol. The van der Waals surface area contributed by atoms with E-state index in [-0.39, 0.29) is 0 Å². The fourth-order valence-electron chi connectivity index (χ4n) is 1.78. The van der Waals surface area contributed by atoms with E-state index in [9.17, 15) is 0 Å². The molecule has 1 N–H and O–H groups in total. The van der Waals surface area contributed by atoms with Gasteiger partial charge in [-0.25, -0.2) is 0 Å². The van der Waals surface area contributed by atoms with Gasteiger partial charge in [0.05, 0.1) is 6.61 Å². The average Bonchev–Trinajstić information content (AvgIpc) is 2.35. The van der Waals surface area contributed by atoms with Crippen molar-refractivity contribution in [3.8, 4) is 0 Å². The summed E-state index contributed by atoms with van der Waals surface area (Å²) in [5.74, 6) is 0. The van der Waals surface area contributed by atoms with E-state index in [2.05, 4.69) is 47.8 Å². The second-order valence-corrected chi connectivity index (χ2v) is 3.65. The summed E-state index contributed by atoms with van der Waals surface area (Å²) >= 11 is 0. The lowest BCUT2D eigenvalue weighted by Gasteiger charge is -2.09. The van der Waals surface area contributed by atoms with Crippen molar-refractivity contribution in [2.45, 2.75) is 6.92 Å². The van der Waals surface area contributed by atoms with Gasteiger partial charge in [-0.05, 0) is 18.4 Å². The Bertz CT molecular complexity index is 448. The van der Waals surface area contributed by atoms with E-state index in [4.69, 9.17) is 4.74 Å². The maximum absolute atomic E-state index is 5.30. The van der Waals surface area contributed by atoms with Crippen molar-refractivity contribution >= 4 is 16.5 Å². The molecular weight excluding hydrogens is 198 g/mol. The third-order valence-electron chi connectivity index (χ3n) is 2.56. The van der Waals surface area contributed by atoms with Gasteiger partial charge >= 0.3 is 0 Å². The van der Waals surface area contributed by atoms with E-state index in [0.29, 0.717) is 0 Å². The number of anilines is 1. The van der Waals surface area contributed by atoms with E-state index in [0.717, 1.165) is 19.8 Å². The van der Waals surface area contributed by atoms with Crippen LogP contribution in [0.15, 0.2) is 42.5 Å². The van der Waals surface area contributed by atoms with Crippen LogP contribution >= 0.6 is 0 Å². The molecule has 0 atom stereocenters. The van der Waals surface area contributed by atoms with Crippen LogP contribution < -0.4 is 5.32 Å². The molecule has 16 heavy (non-hydrogen) atoms. The van der Waals surface area contributed by atoms with Gasteiger partial charge in [0, 0.05) is 24.2 Å². The number of hydrogen-bond donors (Lipinski definition) is 1. The summed E-state index contributed by atoms with van der Waals surface area (Å²) in [5.41, 5.74) is 1.18. The van der Waals surface area contributed by atoms with Crippen molar-refractivity contribution in [3.05, 3.63) is 42.5 Å². The summed E-state index contributed by atoms with van der Waals surface area (Å²) in [6, 6.07) is 14.7. The minimum absolute atomic E-state index is 0.750. The predicted molar refractivity (Wildman–Crippen MR) is 68.9 cm³/mol. The van der Waals surface area contributed by atoms with Crippen molar-refractivity contribution < 1.29 is 4.74 Å². The largest absolute Gasteiger partial charge is 0.382 e.